The maximum Gasteiger partial charge on any atom is 0.534 e. The first-order chi connectivity index (χ1) is 17.2. The highest BCUT2D eigenvalue weighted by Crippen LogP contribution is 2.33. The molecule has 0 N–H and O–H groups in total. The summed E-state index contributed by atoms with van der Waals surface area (Å²) in [4.78, 5) is 0. The van der Waals surface area contributed by atoms with Crippen LogP contribution in [-0.4, -0.2) is 13.9 Å². The van der Waals surface area contributed by atoms with Crippen molar-refractivity contribution in [1.82, 2.24) is 0 Å². The molecule has 0 radical (unpaired) electrons. The summed E-state index contributed by atoms with van der Waals surface area (Å²) in [5, 5.41) is -1.22. The molecule has 194 valence electrons. The number of fused-ring (bicyclic) bond motifs is 2. The second kappa shape index (κ2) is 10.2. The van der Waals surface area contributed by atoms with Gasteiger partial charge in [0.25, 0.3) is 0 Å². The molecule has 0 fully saturated rings. The Hall–Kier alpha value is -3.92. The molecule has 0 spiro atoms. The summed E-state index contributed by atoms with van der Waals surface area (Å²) in [7, 11) is -6.12. The molecule has 3 nitrogen and oxygen atoms in total. The normalized spacial score (nSPS) is 11.5. The van der Waals surface area contributed by atoms with Gasteiger partial charge >= 0.3 is 15.6 Å². The minimum Gasteiger partial charge on any atom is -0.373 e. The Balaban J connectivity index is 0.000000213. The van der Waals surface area contributed by atoms with E-state index in [1.807, 2.05) is 0 Å². The summed E-state index contributed by atoms with van der Waals surface area (Å²) < 4.78 is 142. The number of hydrogen-bond donors (Lipinski definition) is 0. The van der Waals surface area contributed by atoms with Crippen molar-refractivity contribution in [2.75, 3.05) is 0 Å². The minimum absolute atomic E-state index is 0.0690. The van der Waals surface area contributed by atoms with E-state index >= 15 is 0 Å². The molecule has 0 bridgehead atoms. The van der Waals surface area contributed by atoms with Gasteiger partial charge in [0.1, 0.15) is 5.82 Å². The van der Waals surface area contributed by atoms with Gasteiger partial charge in [0.2, 0.25) is 0 Å². The quantitative estimate of drug-likeness (QED) is 0.116. The van der Waals surface area contributed by atoms with Crippen molar-refractivity contribution in [1.29, 1.82) is 0 Å². The smallest absolute Gasteiger partial charge is 0.373 e. The van der Waals surface area contributed by atoms with E-state index in [-0.39, 0.29) is 16.3 Å². The third-order valence-corrected chi connectivity index (χ3v) is 5.70. The number of alkyl halides is 3. The molecular weight excluding hydrogens is 539 g/mol. The van der Waals surface area contributed by atoms with E-state index in [2.05, 4.69) is 16.0 Å². The van der Waals surface area contributed by atoms with E-state index < -0.39 is 61.7 Å². The fourth-order valence-corrected chi connectivity index (χ4v) is 3.52. The topological polar surface area (TPSA) is 43.4 Å². The van der Waals surface area contributed by atoms with E-state index in [0.29, 0.717) is 17.5 Å². The molecule has 4 rings (SSSR count). The second-order valence-corrected chi connectivity index (χ2v) is 8.62. The number of rotatable bonds is 2. The Labute approximate surface area is 203 Å². The van der Waals surface area contributed by atoms with Crippen LogP contribution in [0.4, 0.5) is 39.5 Å². The van der Waals surface area contributed by atoms with Crippen LogP contribution in [0.5, 0.6) is 5.75 Å². The van der Waals surface area contributed by atoms with Crippen molar-refractivity contribution in [3.8, 4) is 17.6 Å². The molecular formula is C24H11F9O3S. The zero-order chi connectivity index (χ0) is 27.7. The molecule has 13 heteroatoms. The summed E-state index contributed by atoms with van der Waals surface area (Å²) >= 11 is 0. The average Bonchev–Trinajstić information content (AvgIpc) is 2.82. The average molecular weight is 550 g/mol. The Morgan fingerprint density at radius 1 is 0.676 bits per heavy atom. The summed E-state index contributed by atoms with van der Waals surface area (Å²) in [6.07, 6.45) is 0. The van der Waals surface area contributed by atoms with Crippen LogP contribution >= 0.6 is 0 Å². The summed E-state index contributed by atoms with van der Waals surface area (Å²) in [6, 6.07) is 8.39. The highest BCUT2D eigenvalue weighted by atomic mass is 32.2. The van der Waals surface area contributed by atoms with Crippen LogP contribution in [-0.2, 0) is 10.1 Å². The third kappa shape index (κ3) is 5.43. The maximum atomic E-state index is 13.9. The Morgan fingerprint density at radius 3 is 1.62 bits per heavy atom. The van der Waals surface area contributed by atoms with Gasteiger partial charge in [-0.15, -0.1) is 5.92 Å². The van der Waals surface area contributed by atoms with Gasteiger partial charge in [-0.1, -0.05) is 30.2 Å². The fourth-order valence-electron chi connectivity index (χ4n) is 3.06. The molecule has 4 aromatic carbocycles. The van der Waals surface area contributed by atoms with Crippen molar-refractivity contribution in [2.45, 2.75) is 12.4 Å². The fraction of sp³-hybridized carbons (Fsp3) is 0.0833. The maximum absolute atomic E-state index is 13.9. The highest BCUT2D eigenvalue weighted by molar-refractivity contribution is 7.88. The summed E-state index contributed by atoms with van der Waals surface area (Å²) in [5.41, 5.74) is -5.71. The summed E-state index contributed by atoms with van der Waals surface area (Å²) in [5.74, 6) is -4.28. The van der Waals surface area contributed by atoms with E-state index in [4.69, 9.17) is 0 Å². The van der Waals surface area contributed by atoms with Gasteiger partial charge in [-0.05, 0) is 42.0 Å². The Kier molecular flexibility index (Phi) is 7.64. The first-order valence-corrected chi connectivity index (χ1v) is 11.2. The van der Waals surface area contributed by atoms with Crippen LogP contribution in [0.1, 0.15) is 12.5 Å². The van der Waals surface area contributed by atoms with Crippen molar-refractivity contribution in [2.24, 2.45) is 0 Å². The van der Waals surface area contributed by atoms with Gasteiger partial charge in [-0.25, -0.2) is 26.3 Å². The number of benzene rings is 4. The molecule has 0 saturated carbocycles. The van der Waals surface area contributed by atoms with E-state index in [1.54, 1.807) is 6.92 Å². The van der Waals surface area contributed by atoms with Crippen molar-refractivity contribution >= 4 is 31.7 Å². The monoisotopic (exact) mass is 550 g/mol. The first-order valence-electron chi connectivity index (χ1n) is 9.75. The van der Waals surface area contributed by atoms with Crippen LogP contribution in [0, 0.1) is 46.7 Å². The standard InChI is InChI=1S/C13H7F3.C11H4F6O3S/c1-2-3-9-5-4-8-6-7-10(14)13(16)11(8)12(9)15;12-6-3-1-5-2-4-7(10(14)8(5)9(6)13)20-21(18,19)11(15,16)17/h4-7H,1H3;1-4H. The lowest BCUT2D eigenvalue weighted by Crippen LogP contribution is -2.28. The van der Waals surface area contributed by atoms with Crippen molar-refractivity contribution in [3.05, 3.63) is 89.0 Å². The third-order valence-electron chi connectivity index (χ3n) is 4.73. The predicted octanol–water partition coefficient (Wildman–Crippen LogP) is 7.11. The van der Waals surface area contributed by atoms with Gasteiger partial charge in [0.15, 0.2) is 34.8 Å². The van der Waals surface area contributed by atoms with Crippen LogP contribution in [0.2, 0.25) is 0 Å². The van der Waals surface area contributed by atoms with Gasteiger partial charge in [0, 0.05) is 0 Å². The van der Waals surface area contributed by atoms with Crippen LogP contribution in [0.15, 0.2) is 48.5 Å². The number of halogens is 9. The molecule has 0 aliphatic carbocycles. The zero-order valence-corrected chi connectivity index (χ0v) is 19.0. The minimum atomic E-state index is -6.12. The van der Waals surface area contributed by atoms with Gasteiger partial charge in [-0.3, -0.25) is 0 Å². The van der Waals surface area contributed by atoms with Crippen molar-refractivity contribution in [3.63, 3.8) is 0 Å². The van der Waals surface area contributed by atoms with Crippen LogP contribution in [0.25, 0.3) is 21.5 Å². The van der Waals surface area contributed by atoms with Crippen LogP contribution in [0.3, 0.4) is 0 Å². The lowest BCUT2D eigenvalue weighted by molar-refractivity contribution is -0.0500. The second-order valence-electron chi connectivity index (χ2n) is 7.08. The molecule has 0 aliphatic rings. The predicted molar refractivity (Wildman–Crippen MR) is 116 cm³/mol. The molecule has 4 aromatic rings. The van der Waals surface area contributed by atoms with E-state index in [0.717, 1.165) is 18.2 Å². The molecule has 37 heavy (non-hydrogen) atoms. The van der Waals surface area contributed by atoms with Crippen LogP contribution < -0.4 is 4.18 Å². The lowest BCUT2D eigenvalue weighted by Gasteiger charge is -2.11. The molecule has 0 saturated heterocycles. The van der Waals surface area contributed by atoms with Gasteiger partial charge in [0.05, 0.1) is 16.3 Å². The number of hydrogen-bond acceptors (Lipinski definition) is 3. The van der Waals surface area contributed by atoms with E-state index in [1.165, 1.54) is 18.2 Å². The Morgan fingerprint density at radius 2 is 1.14 bits per heavy atom. The molecule has 0 atom stereocenters. The SMILES string of the molecule is CC#Cc1ccc2ccc(F)c(F)c2c1F.O=S(=O)(Oc1ccc2ccc(F)c(F)c2c1F)C(F)(F)F. The molecule has 0 amide bonds. The molecule has 0 aromatic heterocycles. The zero-order valence-electron chi connectivity index (χ0n) is 18.2. The highest BCUT2D eigenvalue weighted by Gasteiger charge is 2.49. The van der Waals surface area contributed by atoms with Gasteiger partial charge in [-0.2, -0.15) is 21.6 Å². The van der Waals surface area contributed by atoms with Crippen molar-refractivity contribution < 1.29 is 52.1 Å². The molecule has 0 heterocycles. The van der Waals surface area contributed by atoms with Gasteiger partial charge < -0.3 is 4.18 Å². The largest absolute Gasteiger partial charge is 0.534 e. The summed E-state index contributed by atoms with van der Waals surface area (Å²) in [6.45, 7) is 1.55. The lowest BCUT2D eigenvalue weighted by atomic mass is 10.1. The molecule has 0 unspecified atom stereocenters. The van der Waals surface area contributed by atoms with E-state index in [9.17, 15) is 47.9 Å². The first kappa shape index (κ1) is 27.7. The Bertz CT molecular complexity index is 1690. The molecule has 0 aliphatic heterocycles.